The maximum Gasteiger partial charge on any atom is 0.284 e. The fourth-order valence-corrected chi connectivity index (χ4v) is 3.59. The number of hydrogen-bond acceptors (Lipinski definition) is 6. The molecule has 4 rings (SSSR count). The van der Waals surface area contributed by atoms with Gasteiger partial charge in [0.25, 0.3) is 5.95 Å². The lowest BCUT2D eigenvalue weighted by molar-refractivity contribution is 0.0955. The molecular formula is C29H29N3O3. The molecule has 0 amide bonds. The van der Waals surface area contributed by atoms with Crippen molar-refractivity contribution in [1.82, 2.24) is 0 Å². The van der Waals surface area contributed by atoms with E-state index < -0.39 is 0 Å². The number of likely N-dealkylation sites (N-methyl/N-ethyl adjacent to an activating group) is 1. The van der Waals surface area contributed by atoms with E-state index in [2.05, 4.69) is 28.1 Å². The topological polar surface area (TPSA) is 66.7 Å². The SMILES string of the molecule is CCN(CCOC(O)=C1C=CC=C1)c1ccc(N=Nc2ccc(Oc3ccccc3)cc2)c(C)c1. The largest absolute Gasteiger partial charge is 0.481 e. The first-order valence-electron chi connectivity index (χ1n) is 11.6. The summed E-state index contributed by atoms with van der Waals surface area (Å²) in [6.07, 6.45) is 7.36. The number of azo groups is 1. The third kappa shape index (κ3) is 6.60. The van der Waals surface area contributed by atoms with Crippen molar-refractivity contribution in [2.75, 3.05) is 24.6 Å². The fraction of sp³-hybridized carbons (Fsp3) is 0.172. The van der Waals surface area contributed by atoms with Gasteiger partial charge < -0.3 is 19.5 Å². The maximum absolute atomic E-state index is 10.0. The lowest BCUT2D eigenvalue weighted by atomic mass is 10.1. The number of aliphatic hydroxyl groups is 1. The molecule has 6 heteroatoms. The lowest BCUT2D eigenvalue weighted by Crippen LogP contribution is -2.27. The zero-order chi connectivity index (χ0) is 24.5. The molecule has 0 radical (unpaired) electrons. The molecule has 1 aliphatic rings. The predicted molar refractivity (Wildman–Crippen MR) is 140 cm³/mol. The summed E-state index contributed by atoms with van der Waals surface area (Å²) < 4.78 is 11.3. The van der Waals surface area contributed by atoms with Crippen LogP contribution in [0.25, 0.3) is 0 Å². The summed E-state index contributed by atoms with van der Waals surface area (Å²) in [4.78, 5) is 2.19. The number of allylic oxidation sites excluding steroid dienone is 5. The van der Waals surface area contributed by atoms with Gasteiger partial charge in [0.05, 0.1) is 23.5 Å². The number of nitrogens with zero attached hydrogens (tertiary/aromatic N) is 3. The van der Waals surface area contributed by atoms with Gasteiger partial charge in [-0.25, -0.2) is 0 Å². The Morgan fingerprint density at radius 1 is 0.886 bits per heavy atom. The molecule has 6 nitrogen and oxygen atoms in total. The highest BCUT2D eigenvalue weighted by molar-refractivity contribution is 5.58. The van der Waals surface area contributed by atoms with Crippen LogP contribution in [0.3, 0.4) is 0 Å². The lowest BCUT2D eigenvalue weighted by Gasteiger charge is -2.23. The summed E-state index contributed by atoms with van der Waals surface area (Å²) in [6, 6.07) is 23.3. The molecule has 0 atom stereocenters. The maximum atomic E-state index is 10.0. The smallest absolute Gasteiger partial charge is 0.284 e. The summed E-state index contributed by atoms with van der Waals surface area (Å²) in [5.74, 6) is 1.50. The van der Waals surface area contributed by atoms with E-state index in [0.717, 1.165) is 40.7 Å². The second kappa shape index (κ2) is 11.7. The van der Waals surface area contributed by atoms with Gasteiger partial charge in [-0.3, -0.25) is 0 Å². The van der Waals surface area contributed by atoms with E-state index in [0.29, 0.717) is 18.7 Å². The average Bonchev–Trinajstić information content (AvgIpc) is 3.43. The van der Waals surface area contributed by atoms with Crippen molar-refractivity contribution in [3.05, 3.63) is 114 Å². The van der Waals surface area contributed by atoms with Crippen molar-refractivity contribution in [1.29, 1.82) is 0 Å². The zero-order valence-corrected chi connectivity index (χ0v) is 20.0. The first-order valence-corrected chi connectivity index (χ1v) is 11.6. The van der Waals surface area contributed by atoms with Crippen LogP contribution in [0.4, 0.5) is 17.1 Å². The second-order valence-corrected chi connectivity index (χ2v) is 7.99. The van der Waals surface area contributed by atoms with Gasteiger partial charge in [0, 0.05) is 12.2 Å². The molecule has 3 aromatic rings. The standard InChI is InChI=1S/C29H29N3O3/c1-3-32(19-20-34-29(33)23-9-7-8-10-23)25-15-18-28(22(2)21-25)31-30-24-13-16-27(17-14-24)35-26-11-5-4-6-12-26/h4-18,21,33H,3,19-20H2,1-2H3. The van der Waals surface area contributed by atoms with Crippen LogP contribution < -0.4 is 9.64 Å². The van der Waals surface area contributed by atoms with Gasteiger partial charge >= 0.3 is 0 Å². The fourth-order valence-electron chi connectivity index (χ4n) is 3.59. The predicted octanol–water partition coefficient (Wildman–Crippen LogP) is 7.94. The molecule has 0 unspecified atom stereocenters. The van der Waals surface area contributed by atoms with Crippen molar-refractivity contribution in [2.24, 2.45) is 10.2 Å². The molecule has 1 aliphatic carbocycles. The van der Waals surface area contributed by atoms with Gasteiger partial charge in [-0.1, -0.05) is 30.4 Å². The summed E-state index contributed by atoms with van der Waals surface area (Å²) in [5.41, 5.74) is 4.36. The minimum atomic E-state index is -0.0438. The molecule has 0 aromatic heterocycles. The Morgan fingerprint density at radius 2 is 1.60 bits per heavy atom. The highest BCUT2D eigenvalue weighted by Gasteiger charge is 2.09. The van der Waals surface area contributed by atoms with E-state index in [1.54, 1.807) is 0 Å². The first kappa shape index (κ1) is 23.8. The number of benzene rings is 3. The normalized spacial score (nSPS) is 12.3. The number of rotatable bonds is 10. The van der Waals surface area contributed by atoms with Gasteiger partial charge in [0.2, 0.25) is 0 Å². The summed E-state index contributed by atoms with van der Waals surface area (Å²) in [5, 5.41) is 18.8. The monoisotopic (exact) mass is 467 g/mol. The molecule has 3 aromatic carbocycles. The number of anilines is 1. The van der Waals surface area contributed by atoms with Crippen LogP contribution in [-0.4, -0.2) is 24.8 Å². The summed E-state index contributed by atoms with van der Waals surface area (Å²) >= 11 is 0. The van der Waals surface area contributed by atoms with Crippen molar-refractivity contribution in [3.63, 3.8) is 0 Å². The van der Waals surface area contributed by atoms with Crippen molar-refractivity contribution in [3.8, 4) is 11.5 Å². The summed E-state index contributed by atoms with van der Waals surface area (Å²) in [6.45, 7) is 5.97. The molecule has 0 saturated carbocycles. The van der Waals surface area contributed by atoms with Crippen molar-refractivity contribution >= 4 is 17.1 Å². The van der Waals surface area contributed by atoms with Gasteiger partial charge in [-0.2, -0.15) is 10.2 Å². The average molecular weight is 468 g/mol. The zero-order valence-electron chi connectivity index (χ0n) is 20.0. The molecular weight excluding hydrogens is 438 g/mol. The number of aryl methyl sites for hydroxylation is 1. The molecule has 178 valence electrons. The molecule has 0 bridgehead atoms. The first-order chi connectivity index (χ1) is 17.1. The van der Waals surface area contributed by atoms with Gasteiger partial charge in [0.15, 0.2) is 0 Å². The number of hydrogen-bond donors (Lipinski definition) is 1. The molecule has 0 spiro atoms. The number of ether oxygens (including phenoxy) is 2. The Morgan fingerprint density at radius 3 is 2.29 bits per heavy atom. The Balaban J connectivity index is 1.35. The van der Waals surface area contributed by atoms with Crippen molar-refractivity contribution < 1.29 is 14.6 Å². The van der Waals surface area contributed by atoms with Crippen LogP contribution in [0.5, 0.6) is 11.5 Å². The second-order valence-electron chi connectivity index (χ2n) is 7.99. The van der Waals surface area contributed by atoms with E-state index in [1.165, 1.54) is 0 Å². The van der Waals surface area contributed by atoms with E-state index in [4.69, 9.17) is 9.47 Å². The van der Waals surface area contributed by atoms with E-state index in [9.17, 15) is 5.11 Å². The Kier molecular flexibility index (Phi) is 7.96. The van der Waals surface area contributed by atoms with Crippen LogP contribution in [0.15, 0.2) is 119 Å². The van der Waals surface area contributed by atoms with Crippen molar-refractivity contribution in [2.45, 2.75) is 13.8 Å². The van der Waals surface area contributed by atoms with Crippen LogP contribution >= 0.6 is 0 Å². The minimum absolute atomic E-state index is 0.0438. The van der Waals surface area contributed by atoms with Crippen LogP contribution in [0.2, 0.25) is 0 Å². The van der Waals surface area contributed by atoms with Gasteiger partial charge in [-0.05, 0) is 86.2 Å². The number of para-hydroxylation sites is 1. The third-order valence-electron chi connectivity index (χ3n) is 5.53. The molecule has 1 N–H and O–H groups in total. The van der Waals surface area contributed by atoms with E-state index in [-0.39, 0.29) is 5.95 Å². The third-order valence-corrected chi connectivity index (χ3v) is 5.53. The highest BCUT2D eigenvalue weighted by Crippen LogP contribution is 2.28. The Hall–Kier alpha value is -4.32. The molecule has 0 heterocycles. The molecule has 35 heavy (non-hydrogen) atoms. The molecule has 0 fully saturated rings. The highest BCUT2D eigenvalue weighted by atomic mass is 16.6. The van der Waals surface area contributed by atoms with E-state index in [1.807, 2.05) is 98.0 Å². The van der Waals surface area contributed by atoms with Gasteiger partial charge in [0.1, 0.15) is 18.1 Å². The van der Waals surface area contributed by atoms with Gasteiger partial charge in [-0.15, -0.1) is 0 Å². The minimum Gasteiger partial charge on any atom is -0.481 e. The molecule has 0 saturated heterocycles. The van der Waals surface area contributed by atoms with Crippen LogP contribution in [0.1, 0.15) is 12.5 Å². The summed E-state index contributed by atoms with van der Waals surface area (Å²) in [7, 11) is 0. The van der Waals surface area contributed by atoms with Crippen LogP contribution in [-0.2, 0) is 4.74 Å². The quantitative estimate of drug-likeness (QED) is 0.243. The molecule has 0 aliphatic heterocycles. The number of aliphatic hydroxyl groups excluding tert-OH is 1. The van der Waals surface area contributed by atoms with Crippen LogP contribution in [0, 0.1) is 6.92 Å². The van der Waals surface area contributed by atoms with E-state index >= 15 is 0 Å². The Labute approximate surface area is 206 Å². The Bertz CT molecular complexity index is 1230.